The van der Waals surface area contributed by atoms with E-state index >= 15 is 0 Å². The molecule has 0 radical (unpaired) electrons. The van der Waals surface area contributed by atoms with Gasteiger partial charge in [0.2, 0.25) is 0 Å². The van der Waals surface area contributed by atoms with Crippen LogP contribution in [0.2, 0.25) is 0 Å². The van der Waals surface area contributed by atoms with Gasteiger partial charge < -0.3 is 20.1 Å². The molecule has 0 aromatic heterocycles. The maximum atomic E-state index is 11.3. The lowest BCUT2D eigenvalue weighted by molar-refractivity contribution is -0.152. The van der Waals surface area contributed by atoms with E-state index < -0.39 is 5.97 Å². The third-order valence-corrected chi connectivity index (χ3v) is 2.80. The van der Waals surface area contributed by atoms with Gasteiger partial charge in [0.15, 0.2) is 0 Å². The summed E-state index contributed by atoms with van der Waals surface area (Å²) in [6.45, 7) is 1.93. The van der Waals surface area contributed by atoms with Gasteiger partial charge >= 0.3 is 11.9 Å². The number of carbonyl (C=O) groups is 2. The molecule has 0 aromatic carbocycles. The Kier molecular flexibility index (Phi) is 9.22. The molecule has 0 heterocycles. The van der Waals surface area contributed by atoms with Crippen LogP contribution in [0, 0.1) is 11.8 Å². The summed E-state index contributed by atoms with van der Waals surface area (Å²) in [6, 6.07) is 0. The molecule has 0 bridgehead atoms. The SMILES string of the molecule is CCOC(=O)C1CCC(C(=O)O)CC1.OCCO. The van der Waals surface area contributed by atoms with Crippen LogP contribution in [0.25, 0.3) is 0 Å². The lowest BCUT2D eigenvalue weighted by Gasteiger charge is -2.24. The van der Waals surface area contributed by atoms with Crippen LogP contribution in [0.5, 0.6) is 0 Å². The monoisotopic (exact) mass is 262 g/mol. The summed E-state index contributed by atoms with van der Waals surface area (Å²) >= 11 is 0. The standard InChI is InChI=1S/C10H16O4.C2H6O2/c1-2-14-10(13)8-5-3-7(4-6-8)9(11)12;3-1-2-4/h7-8H,2-6H2,1H3,(H,11,12);3-4H,1-2H2. The van der Waals surface area contributed by atoms with E-state index in [2.05, 4.69) is 0 Å². The van der Waals surface area contributed by atoms with Crippen LogP contribution in [0.4, 0.5) is 0 Å². The molecule has 1 saturated carbocycles. The number of rotatable bonds is 4. The van der Waals surface area contributed by atoms with Crippen molar-refractivity contribution in [3.8, 4) is 0 Å². The molecule has 0 atom stereocenters. The second kappa shape index (κ2) is 9.85. The van der Waals surface area contributed by atoms with E-state index in [1.807, 2.05) is 0 Å². The van der Waals surface area contributed by atoms with E-state index in [0.29, 0.717) is 32.3 Å². The third-order valence-electron chi connectivity index (χ3n) is 2.80. The number of hydrogen-bond acceptors (Lipinski definition) is 5. The number of carboxylic acid groups (broad SMARTS) is 1. The van der Waals surface area contributed by atoms with Crippen molar-refractivity contribution in [2.45, 2.75) is 32.6 Å². The number of aliphatic hydroxyl groups is 2. The number of esters is 1. The summed E-state index contributed by atoms with van der Waals surface area (Å²) < 4.78 is 4.89. The van der Waals surface area contributed by atoms with E-state index in [9.17, 15) is 9.59 Å². The number of hydrogen-bond donors (Lipinski definition) is 3. The quantitative estimate of drug-likeness (QED) is 0.634. The predicted octanol–water partition coefficient (Wildman–Crippen LogP) is 0.412. The lowest BCUT2D eigenvalue weighted by atomic mass is 9.82. The fourth-order valence-electron chi connectivity index (χ4n) is 1.84. The Morgan fingerprint density at radius 2 is 1.50 bits per heavy atom. The van der Waals surface area contributed by atoms with E-state index in [1.165, 1.54) is 0 Å². The normalized spacial score (nSPS) is 22.6. The van der Waals surface area contributed by atoms with Crippen LogP contribution in [0.3, 0.4) is 0 Å². The van der Waals surface area contributed by atoms with Crippen LogP contribution in [-0.2, 0) is 14.3 Å². The minimum atomic E-state index is -0.743. The molecule has 1 aliphatic carbocycles. The Balaban J connectivity index is 0.000000631. The molecule has 1 rings (SSSR count). The highest BCUT2D eigenvalue weighted by Gasteiger charge is 2.30. The highest BCUT2D eigenvalue weighted by Crippen LogP contribution is 2.29. The fraction of sp³-hybridized carbons (Fsp3) is 0.833. The van der Waals surface area contributed by atoms with Crippen LogP contribution in [-0.4, -0.2) is 47.1 Å². The van der Waals surface area contributed by atoms with Crippen molar-refractivity contribution in [3.05, 3.63) is 0 Å². The summed E-state index contributed by atoms with van der Waals surface area (Å²) in [6.07, 6.45) is 2.49. The number of carboxylic acids is 1. The van der Waals surface area contributed by atoms with E-state index in [1.54, 1.807) is 6.92 Å². The highest BCUT2D eigenvalue weighted by molar-refractivity contribution is 5.74. The lowest BCUT2D eigenvalue weighted by Crippen LogP contribution is -2.27. The van der Waals surface area contributed by atoms with E-state index in [4.69, 9.17) is 20.1 Å². The first-order chi connectivity index (χ1) is 8.56. The van der Waals surface area contributed by atoms with Crippen LogP contribution >= 0.6 is 0 Å². The Bertz CT molecular complexity index is 243. The topological polar surface area (TPSA) is 104 Å². The summed E-state index contributed by atoms with van der Waals surface area (Å²) in [7, 11) is 0. The first-order valence-corrected chi connectivity index (χ1v) is 6.17. The molecule has 18 heavy (non-hydrogen) atoms. The zero-order valence-corrected chi connectivity index (χ0v) is 10.7. The van der Waals surface area contributed by atoms with Gasteiger partial charge in [0, 0.05) is 0 Å². The van der Waals surface area contributed by atoms with Gasteiger partial charge in [-0.1, -0.05) is 0 Å². The molecule has 0 amide bonds. The number of aliphatic hydroxyl groups excluding tert-OH is 2. The molecule has 0 aliphatic heterocycles. The Morgan fingerprint density at radius 3 is 1.83 bits per heavy atom. The molecule has 0 aromatic rings. The van der Waals surface area contributed by atoms with Gasteiger partial charge in [0.1, 0.15) is 0 Å². The first kappa shape index (κ1) is 16.9. The van der Waals surface area contributed by atoms with E-state index in [0.717, 1.165) is 0 Å². The average molecular weight is 262 g/mol. The summed E-state index contributed by atoms with van der Waals surface area (Å²) in [4.78, 5) is 21.9. The van der Waals surface area contributed by atoms with Crippen LogP contribution in [0.1, 0.15) is 32.6 Å². The highest BCUT2D eigenvalue weighted by atomic mass is 16.5. The summed E-state index contributed by atoms with van der Waals surface area (Å²) in [5, 5.41) is 24.0. The van der Waals surface area contributed by atoms with Crippen LogP contribution in [0.15, 0.2) is 0 Å². The van der Waals surface area contributed by atoms with Crippen molar-refractivity contribution in [2.75, 3.05) is 19.8 Å². The Morgan fingerprint density at radius 1 is 1.06 bits per heavy atom. The minimum absolute atomic E-state index is 0.0782. The number of aliphatic carboxylic acids is 1. The number of carbonyl (C=O) groups excluding carboxylic acids is 1. The molecule has 3 N–H and O–H groups in total. The molecule has 0 unspecified atom stereocenters. The van der Waals surface area contributed by atoms with Crippen molar-refractivity contribution in [2.24, 2.45) is 11.8 Å². The molecule has 1 fully saturated rings. The predicted molar refractivity (Wildman–Crippen MR) is 63.9 cm³/mol. The smallest absolute Gasteiger partial charge is 0.308 e. The van der Waals surface area contributed by atoms with Gasteiger partial charge in [0.25, 0.3) is 0 Å². The molecule has 0 saturated heterocycles. The first-order valence-electron chi connectivity index (χ1n) is 6.17. The Hall–Kier alpha value is -1.14. The van der Waals surface area contributed by atoms with Gasteiger partial charge in [-0.15, -0.1) is 0 Å². The van der Waals surface area contributed by atoms with Crippen molar-refractivity contribution in [1.82, 2.24) is 0 Å². The third kappa shape index (κ3) is 6.56. The molecule has 6 nitrogen and oxygen atoms in total. The van der Waals surface area contributed by atoms with Gasteiger partial charge in [-0.3, -0.25) is 9.59 Å². The number of ether oxygens (including phenoxy) is 1. The Labute approximate surface area is 107 Å². The molecule has 6 heteroatoms. The van der Waals surface area contributed by atoms with Crippen molar-refractivity contribution in [1.29, 1.82) is 0 Å². The van der Waals surface area contributed by atoms with Crippen LogP contribution < -0.4 is 0 Å². The molecule has 0 spiro atoms. The zero-order chi connectivity index (χ0) is 14.0. The summed E-state index contributed by atoms with van der Waals surface area (Å²) in [5.74, 6) is -1.25. The largest absolute Gasteiger partial charge is 0.481 e. The van der Waals surface area contributed by atoms with Gasteiger partial charge in [-0.05, 0) is 32.6 Å². The molecular formula is C12H22O6. The van der Waals surface area contributed by atoms with Crippen molar-refractivity contribution in [3.63, 3.8) is 0 Å². The second-order valence-electron chi connectivity index (χ2n) is 4.09. The summed E-state index contributed by atoms with van der Waals surface area (Å²) in [5.41, 5.74) is 0. The van der Waals surface area contributed by atoms with E-state index in [-0.39, 0.29) is 31.0 Å². The second-order valence-corrected chi connectivity index (χ2v) is 4.09. The van der Waals surface area contributed by atoms with Gasteiger partial charge in [-0.2, -0.15) is 0 Å². The fourth-order valence-corrected chi connectivity index (χ4v) is 1.84. The average Bonchev–Trinajstić information content (AvgIpc) is 2.39. The maximum Gasteiger partial charge on any atom is 0.308 e. The van der Waals surface area contributed by atoms with Crippen molar-refractivity contribution >= 4 is 11.9 Å². The zero-order valence-electron chi connectivity index (χ0n) is 10.7. The minimum Gasteiger partial charge on any atom is -0.481 e. The van der Waals surface area contributed by atoms with Crippen molar-refractivity contribution < 1.29 is 29.6 Å². The molecule has 1 aliphatic rings. The van der Waals surface area contributed by atoms with Gasteiger partial charge in [-0.25, -0.2) is 0 Å². The molecular weight excluding hydrogens is 240 g/mol. The maximum absolute atomic E-state index is 11.3. The van der Waals surface area contributed by atoms with Gasteiger partial charge in [0.05, 0.1) is 31.7 Å². The molecule has 106 valence electrons.